The average molecular weight is 455 g/mol. The van der Waals surface area contributed by atoms with Gasteiger partial charge in [-0.25, -0.2) is 8.42 Å². The van der Waals surface area contributed by atoms with E-state index in [0.29, 0.717) is 22.2 Å². The number of nitrogens with one attached hydrogen (secondary N) is 1. The Morgan fingerprint density at radius 1 is 1.17 bits per heavy atom. The Hall–Kier alpha value is -2.82. The van der Waals surface area contributed by atoms with E-state index in [1.54, 1.807) is 18.2 Å². The lowest BCUT2D eigenvalue weighted by molar-refractivity contribution is -0.153. The smallest absolute Gasteiger partial charge is 0.322 e. The van der Waals surface area contributed by atoms with Gasteiger partial charge in [0.2, 0.25) is 16.8 Å². The topological polar surface area (TPSA) is 111 Å². The molecule has 1 unspecified atom stereocenters. The van der Waals surface area contributed by atoms with Crippen LogP contribution >= 0.6 is 11.6 Å². The van der Waals surface area contributed by atoms with Gasteiger partial charge in [-0.2, -0.15) is 4.31 Å². The molecule has 0 aliphatic carbocycles. The first-order valence-corrected chi connectivity index (χ1v) is 10.6. The van der Waals surface area contributed by atoms with Gasteiger partial charge in [-0.3, -0.25) is 9.59 Å². The number of carbonyl (C=O) groups excluding carboxylic acids is 2. The number of benzene rings is 2. The van der Waals surface area contributed by atoms with Crippen LogP contribution in [0.3, 0.4) is 0 Å². The van der Waals surface area contributed by atoms with Crippen molar-refractivity contribution in [2.75, 3.05) is 25.7 Å². The Kier molecular flexibility index (Phi) is 6.49. The predicted octanol–water partition coefficient (Wildman–Crippen LogP) is 2.26. The number of nitrogens with zero attached hydrogens (tertiary/aromatic N) is 1. The summed E-state index contributed by atoms with van der Waals surface area (Å²) in [7, 11) is -2.68. The highest BCUT2D eigenvalue weighted by Gasteiger charge is 2.26. The zero-order valence-corrected chi connectivity index (χ0v) is 17.7. The summed E-state index contributed by atoms with van der Waals surface area (Å²) in [4.78, 5) is 24.4. The number of esters is 1. The fourth-order valence-corrected chi connectivity index (χ4v) is 3.80. The highest BCUT2D eigenvalue weighted by atomic mass is 35.5. The summed E-state index contributed by atoms with van der Waals surface area (Å²) in [6.45, 7) is 0.924. The fraction of sp³-hybridized carbons (Fsp3) is 0.263. The van der Waals surface area contributed by atoms with Gasteiger partial charge >= 0.3 is 5.97 Å². The maximum atomic E-state index is 12.5. The quantitative estimate of drug-likeness (QED) is 0.638. The molecular formula is C19H19ClN2O7S. The minimum absolute atomic E-state index is 0.0178. The maximum Gasteiger partial charge on any atom is 0.322 e. The molecule has 0 bridgehead atoms. The van der Waals surface area contributed by atoms with Crippen LogP contribution in [-0.2, 0) is 24.3 Å². The summed E-state index contributed by atoms with van der Waals surface area (Å²) < 4.78 is 41.3. The zero-order valence-electron chi connectivity index (χ0n) is 16.1. The number of anilines is 1. The lowest BCUT2D eigenvalue weighted by atomic mass is 10.2. The van der Waals surface area contributed by atoms with Gasteiger partial charge in [0.05, 0.1) is 4.90 Å². The summed E-state index contributed by atoms with van der Waals surface area (Å²) in [6, 6.07) is 10.4. The first-order valence-electron chi connectivity index (χ1n) is 8.79. The van der Waals surface area contributed by atoms with Crippen LogP contribution < -0.4 is 14.8 Å². The van der Waals surface area contributed by atoms with Gasteiger partial charge in [0.15, 0.2) is 17.6 Å². The number of ether oxygens (including phenoxy) is 3. The Labute approximate surface area is 178 Å². The first-order chi connectivity index (χ1) is 14.2. The molecule has 3 rings (SSSR count). The number of hydrogen-bond acceptors (Lipinski definition) is 7. The number of rotatable bonds is 7. The monoisotopic (exact) mass is 454 g/mol. The highest BCUT2D eigenvalue weighted by Crippen LogP contribution is 2.34. The lowest BCUT2D eigenvalue weighted by Gasteiger charge is -2.18. The number of hydrogen-bond donors (Lipinski definition) is 1. The third-order valence-corrected chi connectivity index (χ3v) is 6.26. The molecule has 11 heteroatoms. The van der Waals surface area contributed by atoms with Crippen LogP contribution in [0.1, 0.15) is 6.92 Å². The van der Waals surface area contributed by atoms with Crippen molar-refractivity contribution in [1.29, 1.82) is 0 Å². The van der Waals surface area contributed by atoms with E-state index in [4.69, 9.17) is 25.8 Å². The van der Waals surface area contributed by atoms with Crippen LogP contribution in [0, 0.1) is 0 Å². The van der Waals surface area contributed by atoms with Crippen molar-refractivity contribution in [3.63, 3.8) is 0 Å². The van der Waals surface area contributed by atoms with Crippen molar-refractivity contribution < 1.29 is 32.2 Å². The van der Waals surface area contributed by atoms with Gasteiger partial charge in [0, 0.05) is 23.8 Å². The van der Waals surface area contributed by atoms with Gasteiger partial charge in [-0.05, 0) is 43.3 Å². The molecule has 0 radical (unpaired) electrons. The number of amides is 1. The third kappa shape index (κ3) is 5.02. The molecule has 1 heterocycles. The molecule has 9 nitrogen and oxygen atoms in total. The zero-order chi connectivity index (χ0) is 21.9. The minimum Gasteiger partial charge on any atom is -0.454 e. The first kappa shape index (κ1) is 21.9. The second-order valence-corrected chi connectivity index (χ2v) is 8.89. The molecule has 0 aromatic heterocycles. The maximum absolute atomic E-state index is 12.5. The Morgan fingerprint density at radius 2 is 1.83 bits per heavy atom. The van der Waals surface area contributed by atoms with Crippen molar-refractivity contribution in [3.05, 3.63) is 47.5 Å². The molecule has 0 saturated heterocycles. The van der Waals surface area contributed by atoms with E-state index in [1.165, 1.54) is 38.2 Å². The molecule has 160 valence electrons. The van der Waals surface area contributed by atoms with Crippen LogP contribution in [0.5, 0.6) is 11.5 Å². The van der Waals surface area contributed by atoms with Gasteiger partial charge in [0.1, 0.15) is 6.54 Å². The molecule has 1 N–H and O–H groups in total. The van der Waals surface area contributed by atoms with Crippen LogP contribution in [0.4, 0.5) is 5.69 Å². The fourth-order valence-electron chi connectivity index (χ4n) is 2.56. The standard InChI is InChI=1S/C19H19ClN2O7S/c1-12(19(24)21-14-5-8-16-17(9-14)28-11-27-16)29-18(23)10-22(2)30(25,26)15-6-3-13(20)4-7-15/h3-9,12H,10-11H2,1-2H3,(H,21,24). The van der Waals surface area contributed by atoms with Crippen LogP contribution in [0.2, 0.25) is 5.02 Å². The van der Waals surface area contributed by atoms with E-state index in [2.05, 4.69) is 5.32 Å². The largest absolute Gasteiger partial charge is 0.454 e. The SMILES string of the molecule is CC(OC(=O)CN(C)S(=O)(=O)c1ccc(Cl)cc1)C(=O)Nc1ccc2c(c1)OCO2. The second-order valence-electron chi connectivity index (χ2n) is 6.40. The van der Waals surface area contributed by atoms with E-state index >= 15 is 0 Å². The van der Waals surface area contributed by atoms with Crippen LogP contribution in [0.15, 0.2) is 47.4 Å². The second kappa shape index (κ2) is 8.90. The summed E-state index contributed by atoms with van der Waals surface area (Å²) in [6.07, 6.45) is -1.14. The summed E-state index contributed by atoms with van der Waals surface area (Å²) in [5, 5.41) is 2.98. The molecule has 1 amide bonds. The van der Waals surface area contributed by atoms with Gasteiger partial charge in [0.25, 0.3) is 5.91 Å². The normalized spacial score (nSPS) is 13.7. The van der Waals surface area contributed by atoms with E-state index < -0.39 is 34.5 Å². The molecule has 0 spiro atoms. The van der Waals surface area contributed by atoms with E-state index in [9.17, 15) is 18.0 Å². The Bertz CT molecular complexity index is 1060. The molecule has 1 atom stereocenters. The van der Waals surface area contributed by atoms with Crippen molar-refractivity contribution in [1.82, 2.24) is 4.31 Å². The van der Waals surface area contributed by atoms with Crippen molar-refractivity contribution in [2.24, 2.45) is 0 Å². The van der Waals surface area contributed by atoms with E-state index in [0.717, 1.165) is 4.31 Å². The van der Waals surface area contributed by atoms with Crippen molar-refractivity contribution in [2.45, 2.75) is 17.9 Å². The van der Waals surface area contributed by atoms with Gasteiger partial charge < -0.3 is 19.5 Å². The number of carbonyl (C=O) groups is 2. The molecule has 1 aliphatic rings. The summed E-state index contributed by atoms with van der Waals surface area (Å²) in [5.74, 6) is -0.391. The molecular weight excluding hydrogens is 436 g/mol. The number of sulfonamides is 1. The minimum atomic E-state index is -3.91. The number of halogens is 1. The predicted molar refractivity (Wildman–Crippen MR) is 108 cm³/mol. The molecule has 2 aromatic carbocycles. The highest BCUT2D eigenvalue weighted by molar-refractivity contribution is 7.89. The molecule has 2 aromatic rings. The average Bonchev–Trinajstić information content (AvgIpc) is 3.15. The number of fused-ring (bicyclic) bond motifs is 1. The summed E-state index contributed by atoms with van der Waals surface area (Å²) in [5.41, 5.74) is 0.439. The van der Waals surface area contributed by atoms with Gasteiger partial charge in [-0.1, -0.05) is 11.6 Å². The van der Waals surface area contributed by atoms with E-state index in [1.807, 2.05) is 0 Å². The third-order valence-electron chi connectivity index (χ3n) is 4.19. The molecule has 1 aliphatic heterocycles. The lowest BCUT2D eigenvalue weighted by Crippen LogP contribution is -2.37. The van der Waals surface area contributed by atoms with Crippen molar-refractivity contribution in [3.8, 4) is 11.5 Å². The van der Waals surface area contributed by atoms with Crippen molar-refractivity contribution >= 4 is 39.2 Å². The summed E-state index contributed by atoms with van der Waals surface area (Å²) >= 11 is 5.76. The Balaban J connectivity index is 1.55. The molecule has 0 saturated carbocycles. The molecule has 0 fully saturated rings. The van der Waals surface area contributed by atoms with Crippen LogP contribution in [-0.4, -0.2) is 51.1 Å². The Morgan fingerprint density at radius 3 is 2.53 bits per heavy atom. The van der Waals surface area contributed by atoms with Crippen LogP contribution in [0.25, 0.3) is 0 Å². The van der Waals surface area contributed by atoms with E-state index in [-0.39, 0.29) is 11.7 Å². The number of likely N-dealkylation sites (N-methyl/N-ethyl adjacent to an activating group) is 1. The molecule has 30 heavy (non-hydrogen) atoms. The van der Waals surface area contributed by atoms with Gasteiger partial charge in [-0.15, -0.1) is 0 Å².